The third-order valence-corrected chi connectivity index (χ3v) is 4.96. The second kappa shape index (κ2) is 6.51. The minimum Gasteiger partial charge on any atom is -0.324 e. The van der Waals surface area contributed by atoms with Crippen molar-refractivity contribution in [2.24, 2.45) is 0 Å². The average molecular weight is 361 g/mol. The monoisotopic (exact) mass is 360 g/mol. The summed E-state index contributed by atoms with van der Waals surface area (Å²) in [6.07, 6.45) is 3.67. The van der Waals surface area contributed by atoms with Crippen LogP contribution >= 0.6 is 11.6 Å². The molecule has 3 aromatic rings. The Morgan fingerprint density at radius 1 is 0.958 bits per heavy atom. The Morgan fingerprint density at radius 2 is 1.62 bits per heavy atom. The first-order valence-corrected chi connectivity index (χ1v) is 8.88. The smallest absolute Gasteiger partial charge is 0.265 e. The van der Waals surface area contributed by atoms with Gasteiger partial charge in [-0.25, -0.2) is 13.1 Å². The summed E-state index contributed by atoms with van der Waals surface area (Å²) in [5, 5.41) is 0.416. The van der Waals surface area contributed by atoms with E-state index in [9.17, 15) is 13.2 Å². The number of hydrogen-bond donors (Lipinski definition) is 1. The van der Waals surface area contributed by atoms with Gasteiger partial charge < -0.3 is 4.57 Å². The van der Waals surface area contributed by atoms with Crippen LogP contribution in [0.15, 0.2) is 78.0 Å². The lowest BCUT2D eigenvalue weighted by molar-refractivity contribution is 0.0981. The van der Waals surface area contributed by atoms with Crippen LogP contribution in [0.5, 0.6) is 0 Å². The predicted octanol–water partition coefficient (Wildman–Crippen LogP) is 3.25. The Balaban J connectivity index is 1.85. The summed E-state index contributed by atoms with van der Waals surface area (Å²) in [5.74, 6) is -0.695. The highest BCUT2D eigenvalue weighted by Gasteiger charge is 2.18. The van der Waals surface area contributed by atoms with Crippen LogP contribution in [0, 0.1) is 0 Å². The lowest BCUT2D eigenvalue weighted by atomic mass is 10.2. The molecule has 1 amide bonds. The molecule has 7 heteroatoms. The van der Waals surface area contributed by atoms with Gasteiger partial charge in [0.1, 0.15) is 0 Å². The molecule has 0 unspecified atom stereocenters. The zero-order valence-corrected chi connectivity index (χ0v) is 14.0. The van der Waals surface area contributed by atoms with Crippen LogP contribution in [-0.2, 0) is 10.0 Å². The van der Waals surface area contributed by atoms with Gasteiger partial charge in [-0.05, 0) is 54.6 Å². The first kappa shape index (κ1) is 16.3. The zero-order chi connectivity index (χ0) is 17.2. The van der Waals surface area contributed by atoms with Crippen molar-refractivity contribution < 1.29 is 13.2 Å². The van der Waals surface area contributed by atoms with Crippen LogP contribution in [0.4, 0.5) is 0 Å². The summed E-state index contributed by atoms with van der Waals surface area (Å²) in [6, 6.07) is 16.0. The maximum Gasteiger partial charge on any atom is 0.265 e. The van der Waals surface area contributed by atoms with Crippen molar-refractivity contribution in [3.05, 3.63) is 83.6 Å². The van der Waals surface area contributed by atoms with E-state index in [1.807, 2.05) is 35.2 Å². The van der Waals surface area contributed by atoms with Gasteiger partial charge in [-0.15, -0.1) is 0 Å². The van der Waals surface area contributed by atoms with Crippen LogP contribution in [-0.4, -0.2) is 18.9 Å². The van der Waals surface area contributed by atoms with Crippen molar-refractivity contribution in [3.63, 3.8) is 0 Å². The number of aromatic nitrogens is 1. The quantitative estimate of drug-likeness (QED) is 0.776. The topological polar surface area (TPSA) is 68.2 Å². The predicted molar refractivity (Wildman–Crippen MR) is 91.9 cm³/mol. The fourth-order valence-corrected chi connectivity index (χ4v) is 3.27. The van der Waals surface area contributed by atoms with Crippen molar-refractivity contribution in [1.82, 2.24) is 9.29 Å². The molecule has 0 atom stereocenters. The number of nitrogens with zero attached hydrogens (tertiary/aromatic N) is 1. The number of hydrogen-bond acceptors (Lipinski definition) is 3. The average Bonchev–Trinajstić information content (AvgIpc) is 3.09. The summed E-state index contributed by atoms with van der Waals surface area (Å²) in [7, 11) is -3.96. The minimum absolute atomic E-state index is 0.0261. The Morgan fingerprint density at radius 3 is 2.29 bits per heavy atom. The van der Waals surface area contributed by atoms with Gasteiger partial charge in [-0.1, -0.05) is 17.7 Å². The van der Waals surface area contributed by atoms with Gasteiger partial charge in [0.15, 0.2) is 0 Å². The lowest BCUT2D eigenvalue weighted by Gasteiger charge is -2.09. The molecular weight excluding hydrogens is 348 g/mol. The van der Waals surface area contributed by atoms with E-state index in [-0.39, 0.29) is 10.5 Å². The summed E-state index contributed by atoms with van der Waals surface area (Å²) in [4.78, 5) is 12.3. The molecular formula is C17H13ClN2O3S. The molecule has 0 saturated heterocycles. The number of carbonyl (C=O) groups is 1. The summed E-state index contributed by atoms with van der Waals surface area (Å²) >= 11 is 5.75. The van der Waals surface area contributed by atoms with Crippen molar-refractivity contribution in [1.29, 1.82) is 0 Å². The second-order valence-corrected chi connectivity index (χ2v) is 7.15. The molecule has 0 aliphatic heterocycles. The molecule has 0 bridgehead atoms. The zero-order valence-electron chi connectivity index (χ0n) is 12.4. The molecule has 2 aromatic carbocycles. The van der Waals surface area contributed by atoms with E-state index in [0.717, 1.165) is 5.69 Å². The molecule has 1 N–H and O–H groups in total. The molecule has 0 spiro atoms. The third kappa shape index (κ3) is 3.50. The van der Waals surface area contributed by atoms with Crippen LogP contribution in [0.3, 0.4) is 0 Å². The SMILES string of the molecule is O=C(NS(=O)(=O)c1ccc(Cl)cc1)c1cccc(-n2cccc2)c1. The molecule has 24 heavy (non-hydrogen) atoms. The van der Waals surface area contributed by atoms with E-state index in [1.165, 1.54) is 24.3 Å². The van der Waals surface area contributed by atoms with Crippen LogP contribution in [0.2, 0.25) is 5.02 Å². The number of benzene rings is 2. The van der Waals surface area contributed by atoms with Crippen LogP contribution in [0.25, 0.3) is 5.69 Å². The highest BCUT2D eigenvalue weighted by atomic mass is 35.5. The molecule has 0 fully saturated rings. The van der Waals surface area contributed by atoms with Crippen molar-refractivity contribution in [2.45, 2.75) is 4.90 Å². The first-order valence-electron chi connectivity index (χ1n) is 7.02. The molecule has 0 saturated carbocycles. The molecule has 3 rings (SSSR count). The summed E-state index contributed by atoms with van der Waals surface area (Å²) in [5.41, 5.74) is 1.01. The van der Waals surface area contributed by atoms with Crippen molar-refractivity contribution >= 4 is 27.5 Å². The van der Waals surface area contributed by atoms with Gasteiger partial charge >= 0.3 is 0 Å². The number of nitrogens with one attached hydrogen (secondary N) is 1. The second-order valence-electron chi connectivity index (χ2n) is 5.03. The highest BCUT2D eigenvalue weighted by molar-refractivity contribution is 7.90. The molecule has 122 valence electrons. The fourth-order valence-electron chi connectivity index (χ4n) is 2.17. The Kier molecular flexibility index (Phi) is 4.42. The molecule has 1 aromatic heterocycles. The minimum atomic E-state index is -3.96. The Bertz CT molecular complexity index is 965. The molecule has 5 nitrogen and oxygen atoms in total. The van der Waals surface area contributed by atoms with Gasteiger partial charge in [-0.2, -0.15) is 0 Å². The van der Waals surface area contributed by atoms with Gasteiger partial charge in [0.05, 0.1) is 4.90 Å². The van der Waals surface area contributed by atoms with E-state index >= 15 is 0 Å². The highest BCUT2D eigenvalue weighted by Crippen LogP contribution is 2.15. The van der Waals surface area contributed by atoms with E-state index in [4.69, 9.17) is 11.6 Å². The van der Waals surface area contributed by atoms with Gasteiger partial charge in [0.25, 0.3) is 15.9 Å². The van der Waals surface area contributed by atoms with Crippen LogP contribution < -0.4 is 4.72 Å². The van der Waals surface area contributed by atoms with Gasteiger partial charge in [-0.3, -0.25) is 4.79 Å². The number of sulfonamides is 1. The maximum absolute atomic E-state index is 12.3. The van der Waals surface area contributed by atoms with E-state index in [0.29, 0.717) is 5.02 Å². The number of halogens is 1. The molecule has 0 radical (unpaired) electrons. The number of amides is 1. The van der Waals surface area contributed by atoms with Gasteiger partial charge in [0, 0.05) is 28.7 Å². The summed E-state index contributed by atoms with van der Waals surface area (Å²) < 4.78 is 28.4. The van der Waals surface area contributed by atoms with E-state index < -0.39 is 15.9 Å². The standard InChI is InChI=1S/C17H13ClN2O3S/c18-14-6-8-16(9-7-14)24(22,23)19-17(21)13-4-3-5-15(12-13)20-10-1-2-11-20/h1-12H,(H,19,21). The summed E-state index contributed by atoms with van der Waals surface area (Å²) in [6.45, 7) is 0. The van der Waals surface area contributed by atoms with Crippen molar-refractivity contribution in [2.75, 3.05) is 0 Å². The van der Waals surface area contributed by atoms with Gasteiger partial charge in [0.2, 0.25) is 0 Å². The maximum atomic E-state index is 12.3. The van der Waals surface area contributed by atoms with Crippen LogP contribution in [0.1, 0.15) is 10.4 Å². The lowest BCUT2D eigenvalue weighted by Crippen LogP contribution is -2.30. The number of carbonyl (C=O) groups excluding carboxylic acids is 1. The van der Waals surface area contributed by atoms with Crippen molar-refractivity contribution in [3.8, 4) is 5.69 Å². The number of rotatable bonds is 4. The fraction of sp³-hybridized carbons (Fsp3) is 0. The molecule has 0 aliphatic rings. The largest absolute Gasteiger partial charge is 0.324 e. The third-order valence-electron chi connectivity index (χ3n) is 3.36. The molecule has 0 aliphatic carbocycles. The normalized spacial score (nSPS) is 11.2. The Labute approximate surface area is 144 Å². The molecule has 1 heterocycles. The van der Waals surface area contributed by atoms with E-state index in [1.54, 1.807) is 18.2 Å². The Hall–Kier alpha value is -2.57. The first-order chi connectivity index (χ1) is 11.5. The van der Waals surface area contributed by atoms with E-state index in [2.05, 4.69) is 4.72 Å².